The van der Waals surface area contributed by atoms with Gasteiger partial charge in [0.2, 0.25) is 9.76 Å². The van der Waals surface area contributed by atoms with E-state index in [-0.39, 0.29) is 0 Å². The lowest BCUT2D eigenvalue weighted by Gasteiger charge is -2.20. The molecule has 0 atom stereocenters. The molecule has 2 heteroatoms. The number of hydrogen-bond acceptors (Lipinski definition) is 1. The standard InChI is InChI=1S/C9H18OSi/c1-10-11-8-7-9-5-3-2-4-6-9/h9H,2-8H2,1H3. The summed E-state index contributed by atoms with van der Waals surface area (Å²) in [5.41, 5.74) is 0. The minimum absolute atomic E-state index is 0.739. The third-order valence-electron chi connectivity index (χ3n) is 2.52. The second kappa shape index (κ2) is 5.78. The lowest BCUT2D eigenvalue weighted by molar-refractivity contribution is 0.344. The average Bonchev–Trinajstić information content (AvgIpc) is 2.07. The van der Waals surface area contributed by atoms with Gasteiger partial charge in [0.05, 0.1) is 0 Å². The molecule has 0 amide bonds. The third-order valence-corrected chi connectivity index (χ3v) is 3.31. The largest absolute Gasteiger partial charge is 0.421 e. The molecule has 0 aromatic heterocycles. The molecule has 0 aromatic rings. The van der Waals surface area contributed by atoms with Gasteiger partial charge in [-0.3, -0.25) is 0 Å². The molecule has 11 heavy (non-hydrogen) atoms. The summed E-state index contributed by atoms with van der Waals surface area (Å²) in [5.74, 6) is 1.03. The van der Waals surface area contributed by atoms with Crippen LogP contribution >= 0.6 is 0 Å². The van der Waals surface area contributed by atoms with Gasteiger partial charge in [-0.2, -0.15) is 0 Å². The molecule has 0 unspecified atom stereocenters. The van der Waals surface area contributed by atoms with Gasteiger partial charge in [0.15, 0.2) is 0 Å². The summed E-state index contributed by atoms with van der Waals surface area (Å²) >= 11 is 0. The Hall–Kier alpha value is 0.177. The lowest BCUT2D eigenvalue weighted by atomic mass is 9.88. The molecule has 1 fully saturated rings. The van der Waals surface area contributed by atoms with Gasteiger partial charge in [-0.15, -0.1) is 0 Å². The summed E-state index contributed by atoms with van der Waals surface area (Å²) in [7, 11) is 2.54. The fourth-order valence-corrected chi connectivity index (χ4v) is 2.57. The SMILES string of the molecule is CO[Si]CCC1CCCCC1. The third kappa shape index (κ3) is 3.92. The second-order valence-corrected chi connectivity index (χ2v) is 4.59. The minimum Gasteiger partial charge on any atom is -0.421 e. The molecule has 0 heterocycles. The van der Waals surface area contributed by atoms with Gasteiger partial charge in [-0.05, 0) is 12.0 Å². The first-order chi connectivity index (χ1) is 5.43. The molecule has 0 spiro atoms. The Morgan fingerprint density at radius 3 is 2.64 bits per heavy atom. The maximum absolute atomic E-state index is 5.06. The molecular weight excluding hydrogens is 152 g/mol. The highest BCUT2D eigenvalue weighted by Gasteiger charge is 2.12. The maximum atomic E-state index is 5.06. The van der Waals surface area contributed by atoms with E-state index in [2.05, 4.69) is 0 Å². The first-order valence-electron chi connectivity index (χ1n) is 4.69. The monoisotopic (exact) mass is 170 g/mol. The Balaban J connectivity index is 1.96. The Labute approximate surface area is 72.5 Å². The Kier molecular flexibility index (Phi) is 4.87. The van der Waals surface area contributed by atoms with Crippen molar-refractivity contribution in [2.45, 2.75) is 44.6 Å². The summed E-state index contributed by atoms with van der Waals surface area (Å²) < 4.78 is 5.06. The molecule has 1 aliphatic rings. The molecular formula is C9H18OSi. The van der Waals surface area contributed by atoms with E-state index in [0.717, 1.165) is 15.7 Å². The Bertz CT molecular complexity index is 89.6. The lowest BCUT2D eigenvalue weighted by Crippen LogP contribution is -2.07. The van der Waals surface area contributed by atoms with Crippen molar-refractivity contribution < 1.29 is 4.43 Å². The highest BCUT2D eigenvalue weighted by atomic mass is 28.2. The summed E-state index contributed by atoms with van der Waals surface area (Å²) in [4.78, 5) is 0. The van der Waals surface area contributed by atoms with Crippen molar-refractivity contribution in [2.24, 2.45) is 5.92 Å². The van der Waals surface area contributed by atoms with E-state index in [1.807, 2.05) is 0 Å². The minimum atomic E-state index is 0.739. The highest BCUT2D eigenvalue weighted by Crippen LogP contribution is 2.27. The molecule has 0 aromatic carbocycles. The number of rotatable bonds is 4. The van der Waals surface area contributed by atoms with Crippen molar-refractivity contribution in [1.82, 2.24) is 0 Å². The normalized spacial score (nSPS) is 20.5. The van der Waals surface area contributed by atoms with Gasteiger partial charge < -0.3 is 4.43 Å². The van der Waals surface area contributed by atoms with Gasteiger partial charge in [0.1, 0.15) is 0 Å². The molecule has 1 aliphatic carbocycles. The summed E-state index contributed by atoms with van der Waals surface area (Å²) in [6.45, 7) is 0. The van der Waals surface area contributed by atoms with Crippen LogP contribution in [0.25, 0.3) is 0 Å². The molecule has 0 saturated heterocycles. The van der Waals surface area contributed by atoms with Crippen molar-refractivity contribution in [3.8, 4) is 0 Å². The topological polar surface area (TPSA) is 9.23 Å². The van der Waals surface area contributed by atoms with E-state index >= 15 is 0 Å². The molecule has 0 N–H and O–H groups in total. The Morgan fingerprint density at radius 2 is 2.00 bits per heavy atom. The van der Waals surface area contributed by atoms with Gasteiger partial charge >= 0.3 is 0 Å². The highest BCUT2D eigenvalue weighted by molar-refractivity contribution is 6.26. The first-order valence-corrected chi connectivity index (χ1v) is 5.81. The Morgan fingerprint density at radius 1 is 1.27 bits per heavy atom. The van der Waals surface area contributed by atoms with Crippen LogP contribution in [0, 0.1) is 5.92 Å². The summed E-state index contributed by atoms with van der Waals surface area (Å²) in [6, 6.07) is 1.29. The molecule has 2 radical (unpaired) electrons. The zero-order valence-corrected chi connectivity index (χ0v) is 8.44. The first kappa shape index (κ1) is 9.27. The van der Waals surface area contributed by atoms with Crippen LogP contribution in [-0.2, 0) is 4.43 Å². The summed E-state index contributed by atoms with van der Waals surface area (Å²) in [5, 5.41) is 0. The van der Waals surface area contributed by atoms with Crippen molar-refractivity contribution in [3.05, 3.63) is 0 Å². The van der Waals surface area contributed by atoms with Crippen molar-refractivity contribution in [2.75, 3.05) is 7.11 Å². The van der Waals surface area contributed by atoms with Crippen LogP contribution < -0.4 is 0 Å². The maximum Gasteiger partial charge on any atom is 0.229 e. The van der Waals surface area contributed by atoms with E-state index in [1.54, 1.807) is 7.11 Å². The second-order valence-electron chi connectivity index (χ2n) is 3.39. The quantitative estimate of drug-likeness (QED) is 0.465. The van der Waals surface area contributed by atoms with Crippen LogP contribution in [0.1, 0.15) is 38.5 Å². The molecule has 1 saturated carbocycles. The predicted molar refractivity (Wildman–Crippen MR) is 48.8 cm³/mol. The van der Waals surface area contributed by atoms with E-state index in [9.17, 15) is 0 Å². The number of hydrogen-bond donors (Lipinski definition) is 0. The summed E-state index contributed by atoms with van der Waals surface area (Å²) in [6.07, 6.45) is 8.79. The van der Waals surface area contributed by atoms with Gasteiger partial charge in [-0.25, -0.2) is 0 Å². The molecule has 1 nitrogen and oxygen atoms in total. The van der Waals surface area contributed by atoms with Gasteiger partial charge in [0, 0.05) is 7.11 Å². The fourth-order valence-electron chi connectivity index (χ4n) is 1.84. The van der Waals surface area contributed by atoms with E-state index < -0.39 is 0 Å². The van der Waals surface area contributed by atoms with Crippen LogP contribution in [0.15, 0.2) is 0 Å². The van der Waals surface area contributed by atoms with Gasteiger partial charge in [0.25, 0.3) is 0 Å². The van der Waals surface area contributed by atoms with Crippen molar-refractivity contribution >= 4 is 9.76 Å². The van der Waals surface area contributed by atoms with Crippen LogP contribution in [0.3, 0.4) is 0 Å². The molecule has 1 rings (SSSR count). The van der Waals surface area contributed by atoms with Crippen LogP contribution in [-0.4, -0.2) is 16.9 Å². The van der Waals surface area contributed by atoms with Crippen LogP contribution in [0.2, 0.25) is 6.04 Å². The smallest absolute Gasteiger partial charge is 0.229 e. The van der Waals surface area contributed by atoms with Crippen molar-refractivity contribution in [3.63, 3.8) is 0 Å². The molecule has 64 valence electrons. The molecule has 0 bridgehead atoms. The molecule has 0 aliphatic heterocycles. The van der Waals surface area contributed by atoms with Crippen molar-refractivity contribution in [1.29, 1.82) is 0 Å². The van der Waals surface area contributed by atoms with E-state index in [1.165, 1.54) is 44.6 Å². The van der Waals surface area contributed by atoms with Crippen LogP contribution in [0.5, 0.6) is 0 Å². The van der Waals surface area contributed by atoms with E-state index in [0.29, 0.717) is 0 Å². The van der Waals surface area contributed by atoms with E-state index in [4.69, 9.17) is 4.43 Å². The zero-order chi connectivity index (χ0) is 7.94. The fraction of sp³-hybridized carbons (Fsp3) is 1.00. The average molecular weight is 170 g/mol. The predicted octanol–water partition coefficient (Wildman–Crippen LogP) is 2.64. The van der Waals surface area contributed by atoms with Gasteiger partial charge in [-0.1, -0.05) is 38.5 Å². The zero-order valence-electron chi connectivity index (χ0n) is 7.44. The van der Waals surface area contributed by atoms with Crippen LogP contribution in [0.4, 0.5) is 0 Å².